The standard InChI is InChI=1S/C20H30O11/c1-12(2)20(24)27-9-7-25-6-8-26-18-10-16(29-14(4)22)19(30-15(5)23)17(31-18)11-28-13(3)21/h16-19H,1,6-11H2,2-5H3/t16-,17-,18-,19-/m1/s1. The first-order valence-corrected chi connectivity index (χ1v) is 9.75. The number of carbonyl (C=O) groups excluding carboxylic acids is 4. The first-order chi connectivity index (χ1) is 14.6. The summed E-state index contributed by atoms with van der Waals surface area (Å²) in [6.45, 7) is 9.04. The van der Waals surface area contributed by atoms with Crippen LogP contribution in [0.1, 0.15) is 34.1 Å². The molecule has 0 aromatic rings. The Kier molecular flexibility index (Phi) is 11.8. The van der Waals surface area contributed by atoms with Crippen LogP contribution in [0.15, 0.2) is 12.2 Å². The highest BCUT2D eigenvalue weighted by Gasteiger charge is 2.44. The third kappa shape index (κ3) is 10.9. The largest absolute Gasteiger partial charge is 0.463 e. The van der Waals surface area contributed by atoms with Gasteiger partial charge in [-0.15, -0.1) is 0 Å². The minimum absolute atomic E-state index is 0.0780. The zero-order chi connectivity index (χ0) is 23.4. The number of hydrogen-bond donors (Lipinski definition) is 0. The lowest BCUT2D eigenvalue weighted by Gasteiger charge is -2.39. The van der Waals surface area contributed by atoms with Gasteiger partial charge < -0.3 is 33.2 Å². The van der Waals surface area contributed by atoms with Crippen molar-refractivity contribution < 1.29 is 52.3 Å². The molecule has 0 N–H and O–H groups in total. The van der Waals surface area contributed by atoms with Crippen LogP contribution in [-0.2, 0) is 52.3 Å². The molecule has 0 amide bonds. The van der Waals surface area contributed by atoms with E-state index in [1.165, 1.54) is 20.8 Å². The third-order valence-corrected chi connectivity index (χ3v) is 3.90. The molecule has 0 unspecified atom stereocenters. The second kappa shape index (κ2) is 13.7. The molecule has 176 valence electrons. The van der Waals surface area contributed by atoms with Gasteiger partial charge in [0, 0.05) is 32.8 Å². The van der Waals surface area contributed by atoms with Crippen LogP contribution in [0.2, 0.25) is 0 Å². The molecule has 4 atom stereocenters. The quantitative estimate of drug-likeness (QED) is 0.181. The van der Waals surface area contributed by atoms with Crippen LogP contribution in [0.25, 0.3) is 0 Å². The number of esters is 4. The van der Waals surface area contributed by atoms with E-state index in [4.69, 9.17) is 33.2 Å². The summed E-state index contributed by atoms with van der Waals surface area (Å²) in [6, 6.07) is 0. The number of rotatable bonds is 12. The Hall–Kier alpha value is -2.50. The van der Waals surface area contributed by atoms with Gasteiger partial charge in [0.05, 0.1) is 19.8 Å². The smallest absolute Gasteiger partial charge is 0.333 e. The molecule has 1 aliphatic heterocycles. The summed E-state index contributed by atoms with van der Waals surface area (Å²) in [4.78, 5) is 45.4. The van der Waals surface area contributed by atoms with Gasteiger partial charge in [-0.3, -0.25) is 14.4 Å². The van der Waals surface area contributed by atoms with Gasteiger partial charge in [-0.25, -0.2) is 4.79 Å². The molecule has 0 saturated carbocycles. The van der Waals surface area contributed by atoms with E-state index in [2.05, 4.69) is 6.58 Å². The van der Waals surface area contributed by atoms with Gasteiger partial charge in [-0.2, -0.15) is 0 Å². The average Bonchev–Trinajstić information content (AvgIpc) is 2.66. The molecule has 31 heavy (non-hydrogen) atoms. The summed E-state index contributed by atoms with van der Waals surface area (Å²) in [5.74, 6) is -2.20. The molecular weight excluding hydrogens is 416 g/mol. The summed E-state index contributed by atoms with van der Waals surface area (Å²) >= 11 is 0. The minimum Gasteiger partial charge on any atom is -0.463 e. The van der Waals surface area contributed by atoms with Gasteiger partial charge in [0.15, 0.2) is 12.4 Å². The van der Waals surface area contributed by atoms with E-state index < -0.39 is 48.5 Å². The topological polar surface area (TPSA) is 133 Å². The van der Waals surface area contributed by atoms with Crippen molar-refractivity contribution in [1.29, 1.82) is 0 Å². The van der Waals surface area contributed by atoms with E-state index >= 15 is 0 Å². The Labute approximate surface area is 180 Å². The van der Waals surface area contributed by atoms with Crippen molar-refractivity contribution in [2.75, 3.05) is 33.0 Å². The molecule has 1 saturated heterocycles. The fraction of sp³-hybridized carbons (Fsp3) is 0.700. The van der Waals surface area contributed by atoms with Crippen molar-refractivity contribution in [2.24, 2.45) is 0 Å². The number of ether oxygens (including phenoxy) is 7. The lowest BCUT2D eigenvalue weighted by atomic mass is 10.0. The Morgan fingerprint density at radius 2 is 1.52 bits per heavy atom. The predicted octanol–water partition coefficient (Wildman–Crippen LogP) is 0.680. The van der Waals surface area contributed by atoms with Crippen LogP contribution < -0.4 is 0 Å². The Morgan fingerprint density at radius 3 is 2.10 bits per heavy atom. The molecule has 0 aromatic heterocycles. The SMILES string of the molecule is C=C(C)C(=O)OCCOCCO[C@H]1C[C@@H](OC(C)=O)[C@@H](OC(C)=O)[C@@H](COC(C)=O)O1. The molecular formula is C20H30O11. The Balaban J connectivity index is 2.56. The first kappa shape index (κ1) is 26.5. The van der Waals surface area contributed by atoms with Gasteiger partial charge in [0.2, 0.25) is 0 Å². The molecule has 11 heteroatoms. The lowest BCUT2D eigenvalue weighted by molar-refractivity contribution is -0.267. The highest BCUT2D eigenvalue weighted by Crippen LogP contribution is 2.27. The van der Waals surface area contributed by atoms with Crippen LogP contribution in [0.3, 0.4) is 0 Å². The van der Waals surface area contributed by atoms with Crippen LogP contribution in [0, 0.1) is 0 Å². The predicted molar refractivity (Wildman–Crippen MR) is 104 cm³/mol. The normalized spacial score (nSPS) is 22.8. The maximum Gasteiger partial charge on any atom is 0.333 e. The van der Waals surface area contributed by atoms with Gasteiger partial charge in [-0.05, 0) is 6.92 Å². The first-order valence-electron chi connectivity index (χ1n) is 9.75. The zero-order valence-corrected chi connectivity index (χ0v) is 18.2. The molecule has 0 aliphatic carbocycles. The molecule has 0 aromatic carbocycles. The lowest BCUT2D eigenvalue weighted by Crippen LogP contribution is -2.54. The molecule has 1 fully saturated rings. The van der Waals surface area contributed by atoms with E-state index in [-0.39, 0.29) is 39.5 Å². The van der Waals surface area contributed by atoms with E-state index in [0.717, 1.165) is 0 Å². The average molecular weight is 446 g/mol. The zero-order valence-electron chi connectivity index (χ0n) is 18.2. The van der Waals surface area contributed by atoms with Gasteiger partial charge in [-0.1, -0.05) is 6.58 Å². The van der Waals surface area contributed by atoms with Crippen LogP contribution in [0.4, 0.5) is 0 Å². The van der Waals surface area contributed by atoms with E-state index in [1.54, 1.807) is 6.92 Å². The molecule has 11 nitrogen and oxygen atoms in total. The molecule has 1 heterocycles. The van der Waals surface area contributed by atoms with Crippen molar-refractivity contribution in [3.63, 3.8) is 0 Å². The monoisotopic (exact) mass is 446 g/mol. The molecule has 1 rings (SSSR count). The van der Waals surface area contributed by atoms with E-state index in [1.807, 2.05) is 0 Å². The van der Waals surface area contributed by atoms with E-state index in [9.17, 15) is 19.2 Å². The maximum atomic E-state index is 11.5. The fourth-order valence-corrected chi connectivity index (χ4v) is 2.66. The van der Waals surface area contributed by atoms with Crippen LogP contribution >= 0.6 is 0 Å². The number of hydrogen-bond acceptors (Lipinski definition) is 11. The maximum absolute atomic E-state index is 11.5. The Morgan fingerprint density at radius 1 is 0.871 bits per heavy atom. The Bertz CT molecular complexity index is 645. The molecule has 1 aliphatic rings. The summed E-state index contributed by atoms with van der Waals surface area (Å²) < 4.78 is 37.1. The van der Waals surface area contributed by atoms with Crippen molar-refractivity contribution in [3.8, 4) is 0 Å². The van der Waals surface area contributed by atoms with Crippen LogP contribution in [0.5, 0.6) is 0 Å². The minimum atomic E-state index is -0.958. The molecule has 0 bridgehead atoms. The van der Waals surface area contributed by atoms with Gasteiger partial charge in [0.1, 0.15) is 25.4 Å². The summed E-state index contributed by atoms with van der Waals surface area (Å²) in [5, 5.41) is 0. The number of carbonyl (C=O) groups is 4. The van der Waals surface area contributed by atoms with Crippen molar-refractivity contribution in [2.45, 2.75) is 58.7 Å². The highest BCUT2D eigenvalue weighted by atomic mass is 16.7. The van der Waals surface area contributed by atoms with E-state index in [0.29, 0.717) is 5.57 Å². The molecule has 0 spiro atoms. The summed E-state index contributed by atoms with van der Waals surface area (Å²) in [6.07, 6.45) is -3.41. The summed E-state index contributed by atoms with van der Waals surface area (Å²) in [5.41, 5.74) is 0.301. The van der Waals surface area contributed by atoms with Gasteiger partial charge in [0.25, 0.3) is 0 Å². The second-order valence-corrected chi connectivity index (χ2v) is 6.76. The van der Waals surface area contributed by atoms with Gasteiger partial charge >= 0.3 is 23.9 Å². The van der Waals surface area contributed by atoms with Crippen molar-refractivity contribution >= 4 is 23.9 Å². The fourth-order valence-electron chi connectivity index (χ4n) is 2.66. The summed E-state index contributed by atoms with van der Waals surface area (Å²) in [7, 11) is 0. The second-order valence-electron chi connectivity index (χ2n) is 6.76. The van der Waals surface area contributed by atoms with Crippen LogP contribution in [-0.4, -0.2) is 81.5 Å². The molecule has 0 radical (unpaired) electrons. The van der Waals surface area contributed by atoms with Crippen molar-refractivity contribution in [1.82, 2.24) is 0 Å². The third-order valence-electron chi connectivity index (χ3n) is 3.90. The van der Waals surface area contributed by atoms with Crippen molar-refractivity contribution in [3.05, 3.63) is 12.2 Å². The highest BCUT2D eigenvalue weighted by molar-refractivity contribution is 5.86.